The predicted octanol–water partition coefficient (Wildman–Crippen LogP) is 2.97. The van der Waals surface area contributed by atoms with Crippen LogP contribution in [0.3, 0.4) is 0 Å². The van der Waals surface area contributed by atoms with Gasteiger partial charge < -0.3 is 15.4 Å². The van der Waals surface area contributed by atoms with E-state index in [1.807, 2.05) is 6.07 Å². The lowest BCUT2D eigenvalue weighted by Gasteiger charge is -2.12. The number of rotatable bonds is 7. The Balaban J connectivity index is 0.00000242. The van der Waals surface area contributed by atoms with Gasteiger partial charge in [-0.05, 0) is 38.2 Å². The Bertz CT molecular complexity index is 419. The molecule has 1 atom stereocenters. The van der Waals surface area contributed by atoms with Crippen molar-refractivity contribution in [1.29, 1.82) is 0 Å². The van der Waals surface area contributed by atoms with Crippen LogP contribution in [0.1, 0.15) is 31.7 Å². The van der Waals surface area contributed by atoms with E-state index in [1.165, 1.54) is 18.4 Å². The van der Waals surface area contributed by atoms with Gasteiger partial charge in [0.15, 0.2) is 5.96 Å². The van der Waals surface area contributed by atoms with Gasteiger partial charge in [-0.15, -0.1) is 24.0 Å². The van der Waals surface area contributed by atoms with Gasteiger partial charge in [-0.25, -0.2) is 0 Å². The Hall–Kier alpha value is -0.820. The average Bonchev–Trinajstić information content (AvgIpc) is 3.02. The van der Waals surface area contributed by atoms with Crippen LogP contribution in [0.5, 0.6) is 0 Å². The molecule has 1 unspecified atom stereocenters. The van der Waals surface area contributed by atoms with Crippen molar-refractivity contribution in [3.8, 4) is 0 Å². The summed E-state index contributed by atoms with van der Waals surface area (Å²) in [5.74, 6) is 0.909. The van der Waals surface area contributed by atoms with Gasteiger partial charge in [0, 0.05) is 26.2 Å². The van der Waals surface area contributed by atoms with Crippen LogP contribution < -0.4 is 10.6 Å². The molecule has 2 N–H and O–H groups in total. The molecular weight excluding hydrogens is 389 g/mol. The fourth-order valence-electron chi connectivity index (χ4n) is 2.50. The molecule has 0 spiro atoms. The van der Waals surface area contributed by atoms with Crippen LogP contribution in [0.2, 0.25) is 0 Å². The van der Waals surface area contributed by atoms with Crippen molar-refractivity contribution >= 4 is 29.9 Å². The van der Waals surface area contributed by atoms with Gasteiger partial charge in [0.05, 0.1) is 6.10 Å². The van der Waals surface area contributed by atoms with Crippen molar-refractivity contribution in [3.63, 3.8) is 0 Å². The van der Waals surface area contributed by atoms with Crippen molar-refractivity contribution in [2.45, 2.75) is 38.7 Å². The molecule has 22 heavy (non-hydrogen) atoms. The highest BCUT2D eigenvalue weighted by Gasteiger charge is 2.14. The van der Waals surface area contributed by atoms with Crippen LogP contribution in [0.4, 0.5) is 0 Å². The molecule has 1 heterocycles. The molecular formula is C17H28IN3O. The van der Waals surface area contributed by atoms with Gasteiger partial charge >= 0.3 is 0 Å². The summed E-state index contributed by atoms with van der Waals surface area (Å²) in [6, 6.07) is 10.5. The zero-order valence-corrected chi connectivity index (χ0v) is 15.7. The van der Waals surface area contributed by atoms with Crippen LogP contribution >= 0.6 is 24.0 Å². The van der Waals surface area contributed by atoms with E-state index in [1.54, 1.807) is 0 Å². The van der Waals surface area contributed by atoms with Gasteiger partial charge in [-0.1, -0.05) is 30.3 Å². The number of hydrogen-bond donors (Lipinski definition) is 2. The first-order chi connectivity index (χ1) is 10.4. The molecule has 5 heteroatoms. The maximum absolute atomic E-state index is 5.62. The van der Waals surface area contributed by atoms with Crippen LogP contribution in [0.25, 0.3) is 0 Å². The van der Waals surface area contributed by atoms with Crippen LogP contribution in [0.15, 0.2) is 35.3 Å². The maximum Gasteiger partial charge on any atom is 0.191 e. The minimum atomic E-state index is 0. The summed E-state index contributed by atoms with van der Waals surface area (Å²) in [6.07, 6.45) is 4.84. The van der Waals surface area contributed by atoms with Crippen LogP contribution in [-0.2, 0) is 11.2 Å². The monoisotopic (exact) mass is 417 g/mol. The number of ether oxygens (including phenoxy) is 1. The molecule has 1 aromatic rings. The predicted molar refractivity (Wildman–Crippen MR) is 103 cm³/mol. The Morgan fingerprint density at radius 1 is 1.27 bits per heavy atom. The minimum Gasteiger partial charge on any atom is -0.378 e. The Labute approximate surface area is 151 Å². The Kier molecular flexibility index (Phi) is 10.2. The molecule has 2 rings (SSSR count). The number of guanidine groups is 1. The third-order valence-electron chi connectivity index (χ3n) is 3.64. The molecule has 0 amide bonds. The number of aliphatic imine (C=N–C) groups is 1. The van der Waals surface area contributed by atoms with Crippen LogP contribution in [-0.4, -0.2) is 38.3 Å². The third-order valence-corrected chi connectivity index (χ3v) is 3.64. The number of benzene rings is 1. The summed E-state index contributed by atoms with van der Waals surface area (Å²) in [4.78, 5) is 4.62. The third kappa shape index (κ3) is 7.45. The molecule has 1 fully saturated rings. The smallest absolute Gasteiger partial charge is 0.191 e. The topological polar surface area (TPSA) is 45.7 Å². The second-order valence-corrected chi connectivity index (χ2v) is 5.35. The largest absolute Gasteiger partial charge is 0.378 e. The summed E-state index contributed by atoms with van der Waals surface area (Å²) in [6.45, 7) is 5.62. The number of hydrogen-bond acceptors (Lipinski definition) is 2. The maximum atomic E-state index is 5.62. The van der Waals surface area contributed by atoms with E-state index < -0.39 is 0 Å². The summed E-state index contributed by atoms with van der Waals surface area (Å²) in [5, 5.41) is 6.68. The van der Waals surface area contributed by atoms with Gasteiger partial charge in [0.2, 0.25) is 0 Å². The first-order valence-corrected chi connectivity index (χ1v) is 8.06. The molecule has 1 aromatic carbocycles. The SMILES string of the molecule is CCNC(=NCCC1CCCO1)NCCc1ccccc1.I. The van der Waals surface area contributed by atoms with Gasteiger partial charge in [0.25, 0.3) is 0 Å². The highest BCUT2D eigenvalue weighted by Crippen LogP contribution is 2.14. The number of halogens is 1. The summed E-state index contributed by atoms with van der Waals surface area (Å²) in [5.41, 5.74) is 1.35. The fraction of sp³-hybridized carbons (Fsp3) is 0.588. The quantitative estimate of drug-likeness (QED) is 0.408. The van der Waals surface area contributed by atoms with E-state index in [2.05, 4.69) is 46.8 Å². The summed E-state index contributed by atoms with van der Waals surface area (Å²) < 4.78 is 5.62. The highest BCUT2D eigenvalue weighted by molar-refractivity contribution is 14.0. The molecule has 4 nitrogen and oxygen atoms in total. The molecule has 124 valence electrons. The zero-order chi connectivity index (χ0) is 14.8. The average molecular weight is 417 g/mol. The normalized spacial score (nSPS) is 17.9. The molecule has 0 aromatic heterocycles. The van der Waals surface area contributed by atoms with E-state index in [4.69, 9.17) is 4.74 Å². The van der Waals surface area contributed by atoms with E-state index >= 15 is 0 Å². The second kappa shape index (κ2) is 11.7. The van der Waals surface area contributed by atoms with Crippen molar-refractivity contribution < 1.29 is 4.74 Å². The molecule has 0 saturated carbocycles. The van der Waals surface area contributed by atoms with E-state index in [9.17, 15) is 0 Å². The summed E-state index contributed by atoms with van der Waals surface area (Å²) in [7, 11) is 0. The molecule has 0 bridgehead atoms. The minimum absolute atomic E-state index is 0. The van der Waals surface area contributed by atoms with E-state index in [-0.39, 0.29) is 24.0 Å². The fourth-order valence-corrected chi connectivity index (χ4v) is 2.50. The standard InChI is InChI=1S/C17H27N3O.HI/c1-2-18-17(20-13-11-16-9-6-14-21-16)19-12-10-15-7-4-3-5-8-15;/h3-5,7-8,16H,2,6,9-14H2,1H3,(H2,18,19,20);1H. The lowest BCUT2D eigenvalue weighted by Crippen LogP contribution is -2.38. The molecule has 0 aliphatic carbocycles. The first-order valence-electron chi connectivity index (χ1n) is 8.06. The highest BCUT2D eigenvalue weighted by atomic mass is 127. The first kappa shape index (κ1) is 19.2. The van der Waals surface area contributed by atoms with Crippen molar-refractivity contribution in [2.24, 2.45) is 4.99 Å². The zero-order valence-electron chi connectivity index (χ0n) is 13.4. The van der Waals surface area contributed by atoms with Crippen molar-refractivity contribution in [3.05, 3.63) is 35.9 Å². The van der Waals surface area contributed by atoms with E-state index in [0.29, 0.717) is 6.10 Å². The van der Waals surface area contributed by atoms with Gasteiger partial charge in [-0.3, -0.25) is 4.99 Å². The van der Waals surface area contributed by atoms with Gasteiger partial charge in [-0.2, -0.15) is 0 Å². The molecule has 1 aliphatic heterocycles. The van der Waals surface area contributed by atoms with E-state index in [0.717, 1.165) is 45.0 Å². The molecule has 0 radical (unpaired) electrons. The Morgan fingerprint density at radius 3 is 2.77 bits per heavy atom. The second-order valence-electron chi connectivity index (χ2n) is 5.35. The van der Waals surface area contributed by atoms with Crippen molar-refractivity contribution in [2.75, 3.05) is 26.2 Å². The molecule has 1 saturated heterocycles. The number of nitrogens with zero attached hydrogens (tertiary/aromatic N) is 1. The van der Waals surface area contributed by atoms with Crippen LogP contribution in [0, 0.1) is 0 Å². The lowest BCUT2D eigenvalue weighted by molar-refractivity contribution is 0.106. The molecule has 1 aliphatic rings. The Morgan fingerprint density at radius 2 is 2.09 bits per heavy atom. The lowest BCUT2D eigenvalue weighted by atomic mass is 10.1. The van der Waals surface area contributed by atoms with Crippen molar-refractivity contribution in [1.82, 2.24) is 10.6 Å². The van der Waals surface area contributed by atoms with Gasteiger partial charge in [0.1, 0.15) is 0 Å². The summed E-state index contributed by atoms with van der Waals surface area (Å²) >= 11 is 0. The number of nitrogens with one attached hydrogen (secondary N) is 2.